The lowest BCUT2D eigenvalue weighted by Gasteiger charge is -2.23. The van der Waals surface area contributed by atoms with E-state index in [-0.39, 0.29) is 37.8 Å². The number of ether oxygens (including phenoxy) is 4. The predicted molar refractivity (Wildman–Crippen MR) is 103 cm³/mol. The van der Waals surface area contributed by atoms with Crippen LogP contribution in [0, 0.1) is 5.92 Å². The van der Waals surface area contributed by atoms with Crippen LogP contribution in [0.3, 0.4) is 0 Å². The van der Waals surface area contributed by atoms with Gasteiger partial charge in [-0.25, -0.2) is 0 Å². The molecule has 6 nitrogen and oxygen atoms in total. The Bertz CT molecular complexity index is 885. The molecule has 3 unspecified atom stereocenters. The number of hydrogen-bond acceptors (Lipinski definition) is 6. The predicted octanol–water partition coefficient (Wildman–Crippen LogP) is 2.69. The second-order valence-corrected chi connectivity index (χ2v) is 7.69. The van der Waals surface area contributed by atoms with Crippen LogP contribution in [0.1, 0.15) is 23.5 Å². The fourth-order valence-electron chi connectivity index (χ4n) is 4.00. The van der Waals surface area contributed by atoms with Gasteiger partial charge in [0.25, 0.3) is 0 Å². The Balaban J connectivity index is 1.44. The number of carbonyl (C=O) groups excluding carboxylic acids is 2. The SMILES string of the molecule is O=C(CC(C(=O)OCC1CO1)C1c2ccccc2-c2ccccc21)OCC1CO1. The summed E-state index contributed by atoms with van der Waals surface area (Å²) in [5.74, 6) is -1.71. The molecule has 0 amide bonds. The number of epoxide rings is 2. The molecule has 2 fully saturated rings. The van der Waals surface area contributed by atoms with Gasteiger partial charge in [-0.05, 0) is 22.3 Å². The topological polar surface area (TPSA) is 77.7 Å². The molecular weight excluding hydrogens is 372 g/mol. The van der Waals surface area contributed by atoms with E-state index in [9.17, 15) is 9.59 Å². The van der Waals surface area contributed by atoms with Gasteiger partial charge in [0.05, 0.1) is 25.6 Å². The molecule has 3 atom stereocenters. The molecule has 0 saturated carbocycles. The Morgan fingerprint density at radius 3 is 1.93 bits per heavy atom. The molecule has 29 heavy (non-hydrogen) atoms. The molecule has 2 aliphatic heterocycles. The number of hydrogen-bond donors (Lipinski definition) is 0. The maximum atomic E-state index is 13.1. The van der Waals surface area contributed by atoms with Crippen molar-refractivity contribution >= 4 is 11.9 Å². The van der Waals surface area contributed by atoms with E-state index < -0.39 is 17.9 Å². The lowest BCUT2D eigenvalue weighted by molar-refractivity contribution is -0.156. The average Bonchev–Trinajstić information content (AvgIpc) is 3.66. The summed E-state index contributed by atoms with van der Waals surface area (Å²) in [5, 5.41) is 0. The van der Waals surface area contributed by atoms with Crippen LogP contribution in [0.5, 0.6) is 0 Å². The smallest absolute Gasteiger partial charge is 0.310 e. The van der Waals surface area contributed by atoms with Crippen LogP contribution in [-0.2, 0) is 28.5 Å². The summed E-state index contributed by atoms with van der Waals surface area (Å²) in [5.41, 5.74) is 4.26. The maximum Gasteiger partial charge on any atom is 0.310 e. The first kappa shape index (κ1) is 18.3. The van der Waals surface area contributed by atoms with Gasteiger partial charge in [0.15, 0.2) is 0 Å². The maximum absolute atomic E-state index is 13.1. The van der Waals surface area contributed by atoms with Crippen molar-refractivity contribution in [3.05, 3.63) is 59.7 Å². The van der Waals surface area contributed by atoms with Crippen molar-refractivity contribution in [2.45, 2.75) is 24.5 Å². The van der Waals surface area contributed by atoms with Crippen molar-refractivity contribution in [1.29, 1.82) is 0 Å². The minimum absolute atomic E-state index is 0.00991. The molecular formula is C23H22O6. The average molecular weight is 394 g/mol. The number of esters is 2. The van der Waals surface area contributed by atoms with E-state index in [4.69, 9.17) is 18.9 Å². The van der Waals surface area contributed by atoms with Crippen LogP contribution in [-0.4, -0.2) is 50.6 Å². The van der Waals surface area contributed by atoms with E-state index in [2.05, 4.69) is 12.1 Å². The fourth-order valence-corrected chi connectivity index (χ4v) is 4.00. The van der Waals surface area contributed by atoms with Gasteiger partial charge in [-0.2, -0.15) is 0 Å². The molecule has 150 valence electrons. The van der Waals surface area contributed by atoms with Crippen molar-refractivity contribution in [2.75, 3.05) is 26.4 Å². The van der Waals surface area contributed by atoms with Crippen molar-refractivity contribution in [2.24, 2.45) is 5.92 Å². The van der Waals surface area contributed by atoms with Crippen molar-refractivity contribution in [3.63, 3.8) is 0 Å². The first-order valence-electron chi connectivity index (χ1n) is 9.94. The van der Waals surface area contributed by atoms with Crippen LogP contribution in [0.25, 0.3) is 11.1 Å². The molecule has 0 N–H and O–H groups in total. The van der Waals surface area contributed by atoms with Gasteiger partial charge in [-0.3, -0.25) is 9.59 Å². The van der Waals surface area contributed by atoms with Gasteiger partial charge >= 0.3 is 11.9 Å². The number of carbonyl (C=O) groups is 2. The van der Waals surface area contributed by atoms with Gasteiger partial charge in [-0.1, -0.05) is 48.5 Å². The number of fused-ring (bicyclic) bond motifs is 3. The van der Waals surface area contributed by atoms with Gasteiger partial charge in [0.1, 0.15) is 25.4 Å². The number of benzene rings is 2. The van der Waals surface area contributed by atoms with Crippen molar-refractivity contribution < 1.29 is 28.5 Å². The zero-order chi connectivity index (χ0) is 19.8. The third kappa shape index (κ3) is 3.91. The highest BCUT2D eigenvalue weighted by atomic mass is 16.6. The minimum Gasteiger partial charge on any atom is -0.463 e. The Labute approximate surface area is 168 Å². The molecule has 2 heterocycles. The lowest BCUT2D eigenvalue weighted by atomic mass is 9.82. The Kier molecular flexibility index (Phi) is 4.81. The van der Waals surface area contributed by atoms with E-state index in [0.717, 1.165) is 22.3 Å². The van der Waals surface area contributed by atoms with Gasteiger partial charge < -0.3 is 18.9 Å². The second kappa shape index (κ2) is 7.61. The lowest BCUT2D eigenvalue weighted by Crippen LogP contribution is -2.29. The van der Waals surface area contributed by atoms with Crippen molar-refractivity contribution in [3.8, 4) is 11.1 Å². The van der Waals surface area contributed by atoms with Gasteiger partial charge in [-0.15, -0.1) is 0 Å². The molecule has 1 aliphatic carbocycles. The zero-order valence-electron chi connectivity index (χ0n) is 15.9. The molecule has 2 aromatic carbocycles. The minimum atomic E-state index is -0.661. The summed E-state index contributed by atoms with van der Waals surface area (Å²) in [6.07, 6.45) is -0.0734. The molecule has 6 heteroatoms. The quantitative estimate of drug-likeness (QED) is 0.506. The van der Waals surface area contributed by atoms with E-state index in [1.807, 2.05) is 36.4 Å². The summed E-state index contributed by atoms with van der Waals surface area (Å²) >= 11 is 0. The number of rotatable bonds is 8. The monoisotopic (exact) mass is 394 g/mol. The van der Waals surface area contributed by atoms with Gasteiger partial charge in [0, 0.05) is 5.92 Å². The normalized spacial score (nSPS) is 22.3. The first-order valence-corrected chi connectivity index (χ1v) is 9.94. The third-order valence-corrected chi connectivity index (χ3v) is 5.62. The molecule has 0 bridgehead atoms. The van der Waals surface area contributed by atoms with E-state index in [1.54, 1.807) is 0 Å². The zero-order valence-corrected chi connectivity index (χ0v) is 15.9. The molecule has 0 spiro atoms. The van der Waals surface area contributed by atoms with Crippen LogP contribution in [0.4, 0.5) is 0 Å². The Morgan fingerprint density at radius 1 is 0.862 bits per heavy atom. The molecule has 5 rings (SSSR count). The van der Waals surface area contributed by atoms with Crippen LogP contribution >= 0.6 is 0 Å². The summed E-state index contributed by atoms with van der Waals surface area (Å²) in [6, 6.07) is 16.0. The van der Waals surface area contributed by atoms with Crippen LogP contribution in [0.2, 0.25) is 0 Å². The third-order valence-electron chi connectivity index (χ3n) is 5.62. The van der Waals surface area contributed by atoms with E-state index in [0.29, 0.717) is 13.2 Å². The molecule has 0 aromatic heterocycles. The molecule has 2 saturated heterocycles. The van der Waals surface area contributed by atoms with Crippen LogP contribution < -0.4 is 0 Å². The highest BCUT2D eigenvalue weighted by Crippen LogP contribution is 2.49. The fraction of sp³-hybridized carbons (Fsp3) is 0.391. The van der Waals surface area contributed by atoms with E-state index in [1.165, 1.54) is 0 Å². The van der Waals surface area contributed by atoms with E-state index >= 15 is 0 Å². The van der Waals surface area contributed by atoms with Gasteiger partial charge in [0.2, 0.25) is 0 Å². The summed E-state index contributed by atoms with van der Waals surface area (Å²) in [7, 11) is 0. The molecule has 3 aliphatic rings. The highest BCUT2D eigenvalue weighted by Gasteiger charge is 2.41. The Hall–Kier alpha value is -2.70. The van der Waals surface area contributed by atoms with Crippen LogP contribution in [0.15, 0.2) is 48.5 Å². The van der Waals surface area contributed by atoms with Crippen molar-refractivity contribution in [1.82, 2.24) is 0 Å². The summed E-state index contributed by atoms with van der Waals surface area (Å²) < 4.78 is 21.1. The summed E-state index contributed by atoms with van der Waals surface area (Å²) in [4.78, 5) is 25.6. The summed E-state index contributed by atoms with van der Waals surface area (Å²) in [6.45, 7) is 1.67. The molecule has 0 radical (unpaired) electrons. The largest absolute Gasteiger partial charge is 0.463 e. The Morgan fingerprint density at radius 2 is 1.38 bits per heavy atom. The second-order valence-electron chi connectivity index (χ2n) is 7.69. The standard InChI is InChI=1S/C23H22O6/c24-21(28-12-14-10-26-14)9-20(23(25)29-13-15-11-27-15)22-18-7-3-1-5-16(18)17-6-2-4-8-19(17)22/h1-8,14-15,20,22H,9-13H2. The highest BCUT2D eigenvalue weighted by molar-refractivity contribution is 5.86. The molecule has 2 aromatic rings. The first-order chi connectivity index (χ1) is 14.2.